The van der Waals surface area contributed by atoms with Crippen LogP contribution in [0.5, 0.6) is 0 Å². The predicted octanol–water partition coefficient (Wildman–Crippen LogP) is 4.36. The topological polar surface area (TPSA) is 38.0 Å². The van der Waals surface area contributed by atoms with Crippen LogP contribution in [0.4, 0.5) is 0 Å². The molecule has 0 bridgehead atoms. The maximum absolute atomic E-state index is 6.04. The molecule has 2 rings (SSSR count). The Morgan fingerprint density at radius 1 is 1.26 bits per heavy atom. The summed E-state index contributed by atoms with van der Waals surface area (Å²) in [5, 5.41) is 3.26. The fourth-order valence-corrected chi connectivity index (χ4v) is 3.45. The second-order valence-electron chi connectivity index (χ2n) is 4.34. The minimum Gasteiger partial charge on any atom is -0.271 e. The summed E-state index contributed by atoms with van der Waals surface area (Å²) in [7, 11) is 0. The molecule has 0 aliphatic rings. The molecule has 5 heteroatoms. The largest absolute Gasteiger partial charge is 0.271 e. The van der Waals surface area contributed by atoms with E-state index in [0.29, 0.717) is 10.0 Å². The summed E-state index contributed by atoms with van der Waals surface area (Å²) in [6.45, 7) is 2.15. The van der Waals surface area contributed by atoms with E-state index < -0.39 is 0 Å². The van der Waals surface area contributed by atoms with Crippen molar-refractivity contribution < 1.29 is 0 Å². The monoisotopic (exact) mass is 314 g/mol. The van der Waals surface area contributed by atoms with Gasteiger partial charge >= 0.3 is 0 Å². The van der Waals surface area contributed by atoms with Crippen LogP contribution in [0.15, 0.2) is 29.6 Å². The predicted molar refractivity (Wildman–Crippen MR) is 83.9 cm³/mol. The Hall–Kier alpha value is -0.580. The van der Waals surface area contributed by atoms with Crippen LogP contribution in [-0.2, 0) is 12.8 Å². The first-order valence-corrected chi connectivity index (χ1v) is 7.75. The van der Waals surface area contributed by atoms with Crippen molar-refractivity contribution in [2.24, 2.45) is 5.84 Å². The molecule has 0 spiro atoms. The van der Waals surface area contributed by atoms with E-state index in [-0.39, 0.29) is 6.04 Å². The zero-order chi connectivity index (χ0) is 13.8. The van der Waals surface area contributed by atoms with Crippen molar-refractivity contribution >= 4 is 34.5 Å². The van der Waals surface area contributed by atoms with Crippen LogP contribution in [0.1, 0.15) is 29.0 Å². The van der Waals surface area contributed by atoms with Gasteiger partial charge in [0.15, 0.2) is 0 Å². The number of benzene rings is 1. The Morgan fingerprint density at radius 2 is 2.05 bits per heavy atom. The molecule has 0 amide bonds. The molecule has 1 atom stereocenters. The van der Waals surface area contributed by atoms with Gasteiger partial charge in [-0.15, -0.1) is 11.3 Å². The number of aryl methyl sites for hydroxylation is 1. The number of hydrazine groups is 1. The van der Waals surface area contributed by atoms with Gasteiger partial charge in [0.05, 0.1) is 16.1 Å². The zero-order valence-corrected chi connectivity index (χ0v) is 12.9. The van der Waals surface area contributed by atoms with E-state index >= 15 is 0 Å². The number of hydrogen-bond acceptors (Lipinski definition) is 3. The van der Waals surface area contributed by atoms with Crippen molar-refractivity contribution in [1.29, 1.82) is 0 Å². The molecule has 1 aromatic carbocycles. The molecule has 3 N–H and O–H groups in total. The third-order valence-corrected chi connectivity index (χ3v) is 4.91. The first kappa shape index (κ1) is 14.8. The summed E-state index contributed by atoms with van der Waals surface area (Å²) < 4.78 is 0. The molecule has 1 heterocycles. The Balaban J connectivity index is 2.21. The SMILES string of the molecule is CCc1ccsc1C(Cc1ccc(Cl)c(Cl)c1)NN. The van der Waals surface area contributed by atoms with Crippen molar-refractivity contribution in [3.63, 3.8) is 0 Å². The van der Waals surface area contributed by atoms with Gasteiger partial charge in [0, 0.05) is 4.88 Å². The highest BCUT2D eigenvalue weighted by molar-refractivity contribution is 7.10. The van der Waals surface area contributed by atoms with Gasteiger partial charge in [-0.1, -0.05) is 36.2 Å². The van der Waals surface area contributed by atoms with Gasteiger partial charge in [-0.3, -0.25) is 11.3 Å². The highest BCUT2D eigenvalue weighted by Gasteiger charge is 2.15. The third-order valence-electron chi connectivity index (χ3n) is 3.10. The molecule has 2 aromatic rings. The average Bonchev–Trinajstić information content (AvgIpc) is 2.88. The van der Waals surface area contributed by atoms with Crippen LogP contribution in [0.2, 0.25) is 10.0 Å². The maximum Gasteiger partial charge on any atom is 0.0596 e. The van der Waals surface area contributed by atoms with Crippen molar-refractivity contribution in [2.75, 3.05) is 0 Å². The minimum absolute atomic E-state index is 0.104. The molecule has 0 aliphatic carbocycles. The van der Waals surface area contributed by atoms with Crippen LogP contribution < -0.4 is 11.3 Å². The fraction of sp³-hybridized carbons (Fsp3) is 0.286. The number of halogens is 2. The van der Waals surface area contributed by atoms with Crippen LogP contribution >= 0.6 is 34.5 Å². The van der Waals surface area contributed by atoms with Crippen LogP contribution in [0, 0.1) is 0 Å². The minimum atomic E-state index is 0.104. The molecular weight excluding hydrogens is 299 g/mol. The lowest BCUT2D eigenvalue weighted by molar-refractivity contribution is 0.557. The second-order valence-corrected chi connectivity index (χ2v) is 6.10. The van der Waals surface area contributed by atoms with Gasteiger partial charge in [0.2, 0.25) is 0 Å². The lowest BCUT2D eigenvalue weighted by Gasteiger charge is -2.16. The number of thiophene rings is 1. The first-order valence-electron chi connectivity index (χ1n) is 6.12. The van der Waals surface area contributed by atoms with E-state index in [0.717, 1.165) is 18.4 Å². The molecule has 1 unspecified atom stereocenters. The van der Waals surface area contributed by atoms with Gasteiger partial charge in [0.25, 0.3) is 0 Å². The first-order chi connectivity index (χ1) is 9.15. The van der Waals surface area contributed by atoms with Crippen molar-refractivity contribution in [1.82, 2.24) is 5.43 Å². The van der Waals surface area contributed by atoms with Gasteiger partial charge in [-0.2, -0.15) is 0 Å². The lowest BCUT2D eigenvalue weighted by Crippen LogP contribution is -2.29. The molecule has 0 radical (unpaired) electrons. The van der Waals surface area contributed by atoms with Crippen LogP contribution in [0.3, 0.4) is 0 Å². The second kappa shape index (κ2) is 6.73. The average molecular weight is 315 g/mol. The van der Waals surface area contributed by atoms with Gasteiger partial charge in [-0.25, -0.2) is 0 Å². The van der Waals surface area contributed by atoms with Gasteiger partial charge in [-0.05, 0) is 47.5 Å². The summed E-state index contributed by atoms with van der Waals surface area (Å²) in [6.07, 6.45) is 1.80. The van der Waals surface area contributed by atoms with Crippen molar-refractivity contribution in [2.45, 2.75) is 25.8 Å². The van der Waals surface area contributed by atoms with E-state index in [9.17, 15) is 0 Å². The molecule has 0 saturated carbocycles. The standard InChI is InChI=1S/C14H16Cl2N2S/c1-2-10-5-6-19-14(10)13(18-17)8-9-3-4-11(15)12(16)7-9/h3-7,13,18H,2,8,17H2,1H3. The summed E-state index contributed by atoms with van der Waals surface area (Å²) in [6, 6.07) is 7.96. The van der Waals surface area contributed by atoms with Crippen molar-refractivity contribution in [3.05, 3.63) is 55.7 Å². The molecule has 19 heavy (non-hydrogen) atoms. The van der Waals surface area contributed by atoms with E-state index in [4.69, 9.17) is 29.0 Å². The van der Waals surface area contributed by atoms with E-state index in [1.165, 1.54) is 10.4 Å². The zero-order valence-electron chi connectivity index (χ0n) is 10.6. The molecule has 0 fully saturated rings. The van der Waals surface area contributed by atoms with Crippen LogP contribution in [-0.4, -0.2) is 0 Å². The summed E-state index contributed by atoms with van der Waals surface area (Å²) in [5.74, 6) is 5.70. The van der Waals surface area contributed by atoms with Gasteiger partial charge in [0.1, 0.15) is 0 Å². The Labute approximate surface area is 127 Å². The van der Waals surface area contributed by atoms with E-state index in [2.05, 4.69) is 23.8 Å². The van der Waals surface area contributed by atoms with Crippen LogP contribution in [0.25, 0.3) is 0 Å². The van der Waals surface area contributed by atoms with Gasteiger partial charge < -0.3 is 0 Å². The van der Waals surface area contributed by atoms with E-state index in [1.807, 2.05) is 18.2 Å². The maximum atomic E-state index is 6.04. The number of rotatable bonds is 5. The molecule has 102 valence electrons. The fourth-order valence-electron chi connectivity index (χ4n) is 2.07. The lowest BCUT2D eigenvalue weighted by atomic mass is 10.0. The summed E-state index contributed by atoms with van der Waals surface area (Å²) in [4.78, 5) is 1.29. The number of nitrogens with two attached hydrogens (primary N) is 1. The van der Waals surface area contributed by atoms with E-state index in [1.54, 1.807) is 11.3 Å². The summed E-state index contributed by atoms with van der Waals surface area (Å²) in [5.41, 5.74) is 5.36. The Morgan fingerprint density at radius 3 is 2.68 bits per heavy atom. The quantitative estimate of drug-likeness (QED) is 0.635. The molecule has 0 saturated heterocycles. The number of nitrogens with one attached hydrogen (secondary N) is 1. The molecule has 2 nitrogen and oxygen atoms in total. The highest BCUT2D eigenvalue weighted by Crippen LogP contribution is 2.29. The smallest absolute Gasteiger partial charge is 0.0596 e. The number of hydrogen-bond donors (Lipinski definition) is 2. The normalized spacial score (nSPS) is 12.6. The Kier molecular flexibility index (Phi) is 5.25. The molecular formula is C14H16Cl2N2S. The molecule has 0 aliphatic heterocycles. The highest BCUT2D eigenvalue weighted by atomic mass is 35.5. The molecule has 1 aromatic heterocycles. The summed E-state index contributed by atoms with van der Waals surface area (Å²) >= 11 is 13.7. The Bertz CT molecular complexity index is 554. The third kappa shape index (κ3) is 3.50. The van der Waals surface area contributed by atoms with Crippen molar-refractivity contribution in [3.8, 4) is 0 Å².